The molecule has 61 heavy (non-hydrogen) atoms. The fourth-order valence-electron chi connectivity index (χ4n) is 8.86. The zero-order valence-corrected chi connectivity index (χ0v) is 42.2. The zero-order chi connectivity index (χ0) is 44.8. The molecule has 0 radical (unpaired) electrons. The molecule has 0 bridgehead atoms. The Hall–Kier alpha value is -0.710. The van der Waals surface area contributed by atoms with Gasteiger partial charge < -0.3 is 20.1 Å². The first-order valence-electron chi connectivity index (χ1n) is 28.1. The summed E-state index contributed by atoms with van der Waals surface area (Å²) in [6.45, 7) is 6.51. The van der Waals surface area contributed by atoms with Crippen LogP contribution in [0.15, 0.2) is 12.2 Å². The number of aldehydes is 1. The van der Waals surface area contributed by atoms with Crippen LogP contribution in [0.1, 0.15) is 323 Å². The topological polar surface area (TPSA) is 77.8 Å². The molecule has 0 aliphatic rings. The van der Waals surface area contributed by atoms with Crippen molar-refractivity contribution in [1.82, 2.24) is 0 Å². The van der Waals surface area contributed by atoms with Crippen LogP contribution in [0.4, 0.5) is 0 Å². The summed E-state index contributed by atoms with van der Waals surface area (Å²) in [5, 5.41) is 27.5. The Bertz CT molecular complexity index is 798. The van der Waals surface area contributed by atoms with E-state index in [1.54, 1.807) is 0 Å². The maximum absolute atomic E-state index is 11.1. The summed E-state index contributed by atoms with van der Waals surface area (Å²) < 4.78 is 0. The first kappa shape index (κ1) is 62.4. The Kier molecular flexibility index (Phi) is 58.6. The average molecular weight is 864 g/mol. The highest BCUT2D eigenvalue weighted by Gasteiger charge is 2.14. The van der Waals surface area contributed by atoms with Crippen molar-refractivity contribution >= 4 is 6.29 Å². The SMILES string of the molecule is CCCCCCCC/C=C\CCCCCC(CC=O)CCCCCCCCCCCCCCCCCC.CCCCCCCCCCCCCCCCCCC(O)C(O)CO. The molecule has 0 heterocycles. The maximum atomic E-state index is 11.1. The van der Waals surface area contributed by atoms with E-state index < -0.39 is 12.2 Å². The number of unbranched alkanes of at least 4 members (excludes halogenated alkanes) is 39. The lowest BCUT2D eigenvalue weighted by molar-refractivity contribution is -0.108. The van der Waals surface area contributed by atoms with E-state index in [1.165, 1.54) is 282 Å². The largest absolute Gasteiger partial charge is 0.394 e. The lowest BCUT2D eigenvalue weighted by Crippen LogP contribution is -2.28. The summed E-state index contributed by atoms with van der Waals surface area (Å²) in [6.07, 6.45) is 67.2. The quantitative estimate of drug-likeness (QED) is 0.0323. The Balaban J connectivity index is 0. The van der Waals surface area contributed by atoms with E-state index in [0.29, 0.717) is 12.3 Å². The van der Waals surface area contributed by atoms with Crippen molar-refractivity contribution in [3.8, 4) is 0 Å². The van der Waals surface area contributed by atoms with Gasteiger partial charge in [0.25, 0.3) is 0 Å². The van der Waals surface area contributed by atoms with Crippen LogP contribution in [0.25, 0.3) is 0 Å². The normalized spacial score (nSPS) is 13.1. The molecule has 3 N–H and O–H groups in total. The van der Waals surface area contributed by atoms with E-state index in [1.807, 2.05) is 0 Å². The van der Waals surface area contributed by atoms with Gasteiger partial charge in [0.05, 0.1) is 12.7 Å². The molecule has 3 unspecified atom stereocenters. The lowest BCUT2D eigenvalue weighted by atomic mass is 9.92. The highest BCUT2D eigenvalue weighted by Crippen LogP contribution is 2.22. The molecule has 0 aliphatic carbocycles. The second-order valence-electron chi connectivity index (χ2n) is 19.4. The summed E-state index contributed by atoms with van der Waals surface area (Å²) >= 11 is 0. The van der Waals surface area contributed by atoms with Gasteiger partial charge in [-0.2, -0.15) is 0 Å². The van der Waals surface area contributed by atoms with Gasteiger partial charge in [-0.05, 0) is 38.0 Å². The van der Waals surface area contributed by atoms with Crippen molar-refractivity contribution in [2.45, 2.75) is 335 Å². The number of hydrogen-bond donors (Lipinski definition) is 3. The number of allylic oxidation sites excluding steroid dienone is 2. The molecule has 0 amide bonds. The van der Waals surface area contributed by atoms with Gasteiger partial charge in [0.15, 0.2) is 0 Å². The van der Waals surface area contributed by atoms with E-state index in [2.05, 4.69) is 32.9 Å². The van der Waals surface area contributed by atoms with Gasteiger partial charge in [-0.1, -0.05) is 296 Å². The monoisotopic (exact) mass is 863 g/mol. The van der Waals surface area contributed by atoms with Crippen LogP contribution in [0.2, 0.25) is 0 Å². The number of carbonyl (C=O) groups is 1. The molecular weight excluding hydrogens is 749 g/mol. The van der Waals surface area contributed by atoms with E-state index >= 15 is 0 Å². The number of aliphatic hydroxyl groups is 3. The second-order valence-corrected chi connectivity index (χ2v) is 19.4. The number of rotatable bonds is 51. The molecular formula is C57H114O4. The minimum Gasteiger partial charge on any atom is -0.394 e. The molecule has 0 aliphatic heterocycles. The van der Waals surface area contributed by atoms with Crippen LogP contribution in [-0.2, 0) is 4.79 Å². The molecule has 0 spiro atoms. The molecule has 3 atom stereocenters. The van der Waals surface area contributed by atoms with Gasteiger partial charge in [-0.25, -0.2) is 0 Å². The standard InChI is InChI=1S/C36H70O.C21H44O3/c1-3-5-7-9-11-13-15-17-18-19-21-23-25-27-29-31-33-36(34-35-37)32-30-28-26-24-22-20-16-14-12-10-8-6-4-2;1-2-3-4-5-6-7-8-9-10-11-12-13-14-15-16-17-18-20(23)21(24)19-22/h20,22,35-36H,3-19,21,23-34H2,1-2H3;20-24H,2-19H2,1H3/b22-20-;. The maximum Gasteiger partial charge on any atom is 0.120 e. The van der Waals surface area contributed by atoms with Crippen LogP contribution in [-0.4, -0.2) is 40.4 Å². The highest BCUT2D eigenvalue weighted by molar-refractivity contribution is 5.49. The van der Waals surface area contributed by atoms with Crippen LogP contribution < -0.4 is 0 Å². The smallest absolute Gasteiger partial charge is 0.120 e. The molecule has 0 aromatic carbocycles. The van der Waals surface area contributed by atoms with Crippen LogP contribution in [0.5, 0.6) is 0 Å². The fourth-order valence-corrected chi connectivity index (χ4v) is 8.86. The fraction of sp³-hybridized carbons (Fsp3) is 0.947. The van der Waals surface area contributed by atoms with Crippen molar-refractivity contribution in [3.05, 3.63) is 12.2 Å². The van der Waals surface area contributed by atoms with Crippen molar-refractivity contribution in [3.63, 3.8) is 0 Å². The minimum atomic E-state index is -0.971. The van der Waals surface area contributed by atoms with Crippen LogP contribution in [0.3, 0.4) is 0 Å². The Morgan fingerprint density at radius 3 is 0.852 bits per heavy atom. The van der Waals surface area contributed by atoms with Crippen LogP contribution in [0, 0.1) is 5.92 Å². The molecule has 0 fully saturated rings. The summed E-state index contributed by atoms with van der Waals surface area (Å²) in [6, 6.07) is 0. The van der Waals surface area contributed by atoms with Gasteiger partial charge in [-0.15, -0.1) is 0 Å². The Morgan fingerprint density at radius 1 is 0.328 bits per heavy atom. The molecule has 4 nitrogen and oxygen atoms in total. The van der Waals surface area contributed by atoms with Gasteiger partial charge in [0.2, 0.25) is 0 Å². The molecule has 0 aromatic heterocycles. The van der Waals surface area contributed by atoms with Crippen molar-refractivity contribution < 1.29 is 20.1 Å². The lowest BCUT2D eigenvalue weighted by Gasteiger charge is -2.14. The number of aliphatic hydroxyl groups excluding tert-OH is 3. The average Bonchev–Trinajstić information content (AvgIpc) is 3.27. The van der Waals surface area contributed by atoms with E-state index in [-0.39, 0.29) is 6.61 Å². The third-order valence-corrected chi connectivity index (χ3v) is 13.3. The third kappa shape index (κ3) is 55.4. The van der Waals surface area contributed by atoms with Crippen molar-refractivity contribution in [2.75, 3.05) is 6.61 Å². The summed E-state index contributed by atoms with van der Waals surface area (Å²) in [4.78, 5) is 11.1. The van der Waals surface area contributed by atoms with E-state index in [4.69, 9.17) is 5.11 Å². The van der Waals surface area contributed by atoms with Crippen LogP contribution >= 0.6 is 0 Å². The Morgan fingerprint density at radius 2 is 0.574 bits per heavy atom. The number of carbonyl (C=O) groups excluding carboxylic acids is 1. The Labute approximate surface area is 384 Å². The number of hydrogen-bond acceptors (Lipinski definition) is 4. The molecule has 0 saturated carbocycles. The second kappa shape index (κ2) is 57.3. The first-order valence-corrected chi connectivity index (χ1v) is 28.1. The summed E-state index contributed by atoms with van der Waals surface area (Å²) in [5.74, 6) is 0.646. The molecule has 0 saturated heterocycles. The third-order valence-electron chi connectivity index (χ3n) is 13.3. The van der Waals surface area contributed by atoms with Gasteiger partial charge >= 0.3 is 0 Å². The van der Waals surface area contributed by atoms with Gasteiger partial charge in [-0.3, -0.25) is 0 Å². The molecule has 4 heteroatoms. The van der Waals surface area contributed by atoms with Crippen molar-refractivity contribution in [1.29, 1.82) is 0 Å². The minimum absolute atomic E-state index is 0.347. The molecule has 366 valence electrons. The highest BCUT2D eigenvalue weighted by atomic mass is 16.4. The molecule has 0 rings (SSSR count). The van der Waals surface area contributed by atoms with Crippen molar-refractivity contribution in [2.24, 2.45) is 5.92 Å². The predicted octanol–water partition coefficient (Wildman–Crippen LogP) is 18.5. The molecule has 0 aromatic rings. The van der Waals surface area contributed by atoms with Gasteiger partial charge in [0, 0.05) is 6.42 Å². The summed E-state index contributed by atoms with van der Waals surface area (Å²) in [7, 11) is 0. The zero-order valence-electron chi connectivity index (χ0n) is 42.2. The first-order chi connectivity index (χ1) is 30.1. The van der Waals surface area contributed by atoms with Gasteiger partial charge in [0.1, 0.15) is 12.4 Å². The van der Waals surface area contributed by atoms with E-state index in [9.17, 15) is 15.0 Å². The predicted molar refractivity (Wildman–Crippen MR) is 272 cm³/mol. The summed E-state index contributed by atoms with van der Waals surface area (Å²) in [5.41, 5.74) is 0. The van der Waals surface area contributed by atoms with E-state index in [0.717, 1.165) is 19.3 Å².